The SMILES string of the molecule is CC1=C(CCCCCN2CCN(C(=O)c3ccc4ccccc4c3)CC2)C(=O)N(c2ccc(C#N)c(C(F)(F)F)c2)C1=O. The van der Waals surface area contributed by atoms with Gasteiger partial charge in [-0.05, 0) is 73.8 Å². The molecule has 0 aliphatic carbocycles. The second kappa shape index (κ2) is 12.4. The van der Waals surface area contributed by atoms with Crippen molar-refractivity contribution in [1.82, 2.24) is 9.80 Å². The zero-order valence-corrected chi connectivity index (χ0v) is 23.8. The molecule has 0 atom stereocenters. The van der Waals surface area contributed by atoms with Crippen LogP contribution in [0.2, 0.25) is 0 Å². The predicted molar refractivity (Wildman–Crippen MR) is 156 cm³/mol. The molecule has 3 aromatic carbocycles. The van der Waals surface area contributed by atoms with Crippen molar-refractivity contribution in [3.63, 3.8) is 0 Å². The minimum Gasteiger partial charge on any atom is -0.336 e. The van der Waals surface area contributed by atoms with Crippen molar-refractivity contribution in [2.75, 3.05) is 37.6 Å². The highest BCUT2D eigenvalue weighted by Gasteiger charge is 2.39. The van der Waals surface area contributed by atoms with Gasteiger partial charge in [-0.25, -0.2) is 4.90 Å². The fourth-order valence-electron chi connectivity index (χ4n) is 5.71. The Bertz CT molecular complexity index is 1650. The first kappa shape index (κ1) is 30.0. The Hall–Kier alpha value is -4.49. The van der Waals surface area contributed by atoms with Gasteiger partial charge in [0.25, 0.3) is 17.7 Å². The van der Waals surface area contributed by atoms with Gasteiger partial charge in [-0.1, -0.05) is 36.8 Å². The van der Waals surface area contributed by atoms with Gasteiger partial charge in [-0.15, -0.1) is 0 Å². The summed E-state index contributed by atoms with van der Waals surface area (Å²) in [5.41, 5.74) is -0.723. The molecule has 2 aliphatic heterocycles. The summed E-state index contributed by atoms with van der Waals surface area (Å²) >= 11 is 0. The van der Waals surface area contributed by atoms with E-state index >= 15 is 0 Å². The minimum atomic E-state index is -4.79. The van der Waals surface area contributed by atoms with E-state index in [4.69, 9.17) is 5.26 Å². The lowest BCUT2D eigenvalue weighted by atomic mass is 10.0. The number of fused-ring (bicyclic) bond motifs is 1. The topological polar surface area (TPSA) is 84.7 Å². The summed E-state index contributed by atoms with van der Waals surface area (Å²) in [6, 6.07) is 18.1. The summed E-state index contributed by atoms with van der Waals surface area (Å²) in [6.45, 7) is 5.21. The number of piperazine rings is 1. The molecule has 1 fully saturated rings. The molecule has 0 saturated carbocycles. The number of unbranched alkanes of at least 4 members (excludes halogenated alkanes) is 2. The number of carbonyl (C=O) groups excluding carboxylic acids is 3. The van der Waals surface area contributed by atoms with E-state index in [9.17, 15) is 27.6 Å². The molecule has 43 heavy (non-hydrogen) atoms. The molecule has 1 saturated heterocycles. The quantitative estimate of drug-likeness (QED) is 0.240. The van der Waals surface area contributed by atoms with Crippen LogP contribution in [-0.2, 0) is 15.8 Å². The molecule has 3 aromatic rings. The van der Waals surface area contributed by atoms with E-state index in [1.54, 1.807) is 0 Å². The van der Waals surface area contributed by atoms with Crippen LogP contribution in [0.3, 0.4) is 0 Å². The Morgan fingerprint density at radius 1 is 0.884 bits per heavy atom. The fraction of sp³-hybridized carbons (Fsp3) is 0.333. The fourth-order valence-corrected chi connectivity index (χ4v) is 5.71. The lowest BCUT2D eigenvalue weighted by molar-refractivity contribution is -0.138. The molecule has 2 heterocycles. The van der Waals surface area contributed by atoms with Gasteiger partial charge in [0.1, 0.15) is 0 Å². The van der Waals surface area contributed by atoms with E-state index in [0.29, 0.717) is 43.1 Å². The van der Waals surface area contributed by atoms with Crippen LogP contribution in [0.15, 0.2) is 71.8 Å². The van der Waals surface area contributed by atoms with Crippen LogP contribution in [0, 0.1) is 11.3 Å². The van der Waals surface area contributed by atoms with Gasteiger partial charge < -0.3 is 4.90 Å². The molecule has 222 valence electrons. The third kappa shape index (κ3) is 6.32. The van der Waals surface area contributed by atoms with Crippen molar-refractivity contribution in [2.45, 2.75) is 38.8 Å². The Labute approximate surface area is 247 Å². The predicted octanol–water partition coefficient (Wildman–Crippen LogP) is 5.94. The molecule has 5 rings (SSSR count). The number of alkyl halides is 3. The minimum absolute atomic E-state index is 0.0366. The van der Waals surface area contributed by atoms with Crippen LogP contribution in [0.4, 0.5) is 18.9 Å². The lowest BCUT2D eigenvalue weighted by Gasteiger charge is -2.34. The first-order valence-electron chi connectivity index (χ1n) is 14.3. The first-order valence-corrected chi connectivity index (χ1v) is 14.3. The molecular weight excluding hydrogens is 557 g/mol. The summed E-state index contributed by atoms with van der Waals surface area (Å²) in [7, 11) is 0. The van der Waals surface area contributed by atoms with Crippen molar-refractivity contribution in [2.24, 2.45) is 0 Å². The Morgan fingerprint density at radius 2 is 1.60 bits per heavy atom. The smallest absolute Gasteiger partial charge is 0.336 e. The lowest BCUT2D eigenvalue weighted by Crippen LogP contribution is -2.48. The Balaban J connectivity index is 1.08. The van der Waals surface area contributed by atoms with E-state index in [2.05, 4.69) is 4.90 Å². The highest BCUT2D eigenvalue weighted by molar-refractivity contribution is 6.32. The van der Waals surface area contributed by atoms with Gasteiger partial charge in [0.15, 0.2) is 0 Å². The standard InChI is InChI=1S/C33H31F3N4O3/c1-22-28(32(43)40(30(22)41)27-13-12-26(21-37)29(20-27)33(34,35)36)9-3-2-6-14-38-15-17-39(18-16-38)31(42)25-11-10-23-7-4-5-8-24(23)19-25/h4-5,7-8,10-13,19-20H,2-3,6,9,14-18H2,1H3. The maximum atomic E-state index is 13.4. The molecule has 0 radical (unpaired) electrons. The molecule has 3 amide bonds. The second-order valence-electron chi connectivity index (χ2n) is 10.9. The summed E-state index contributed by atoms with van der Waals surface area (Å²) in [4.78, 5) is 43.9. The number of halogens is 3. The summed E-state index contributed by atoms with van der Waals surface area (Å²) in [5.74, 6) is -1.23. The highest BCUT2D eigenvalue weighted by Crippen LogP contribution is 2.37. The van der Waals surface area contributed by atoms with Gasteiger partial charge in [0.05, 0.1) is 22.9 Å². The molecule has 0 spiro atoms. The van der Waals surface area contributed by atoms with Crippen molar-refractivity contribution in [3.05, 3.63) is 88.5 Å². The number of anilines is 1. The summed E-state index contributed by atoms with van der Waals surface area (Å²) in [5, 5.41) is 11.2. The number of nitriles is 1. The van der Waals surface area contributed by atoms with Crippen LogP contribution >= 0.6 is 0 Å². The number of nitrogens with zero attached hydrogens (tertiary/aromatic N) is 4. The summed E-state index contributed by atoms with van der Waals surface area (Å²) < 4.78 is 40.3. The third-order valence-electron chi connectivity index (χ3n) is 8.18. The highest BCUT2D eigenvalue weighted by atomic mass is 19.4. The number of rotatable bonds is 8. The van der Waals surface area contributed by atoms with Crippen molar-refractivity contribution < 1.29 is 27.6 Å². The van der Waals surface area contributed by atoms with E-state index in [0.717, 1.165) is 54.2 Å². The molecule has 0 N–H and O–H groups in total. The second-order valence-corrected chi connectivity index (χ2v) is 10.9. The third-order valence-corrected chi connectivity index (χ3v) is 8.18. The molecule has 0 aromatic heterocycles. The van der Waals surface area contributed by atoms with E-state index in [1.165, 1.54) is 19.1 Å². The van der Waals surface area contributed by atoms with Gasteiger partial charge in [-0.2, -0.15) is 18.4 Å². The summed E-state index contributed by atoms with van der Waals surface area (Å²) in [6.07, 6.45) is -2.10. The molecule has 2 aliphatic rings. The van der Waals surface area contributed by atoms with E-state index < -0.39 is 29.1 Å². The van der Waals surface area contributed by atoms with Crippen molar-refractivity contribution >= 4 is 34.2 Å². The Morgan fingerprint density at radius 3 is 2.30 bits per heavy atom. The molecule has 0 bridgehead atoms. The zero-order valence-electron chi connectivity index (χ0n) is 23.8. The molecule has 10 heteroatoms. The maximum absolute atomic E-state index is 13.4. The largest absolute Gasteiger partial charge is 0.417 e. The number of imide groups is 1. The van der Waals surface area contributed by atoms with Gasteiger partial charge >= 0.3 is 6.18 Å². The van der Waals surface area contributed by atoms with Crippen molar-refractivity contribution in [3.8, 4) is 6.07 Å². The monoisotopic (exact) mass is 588 g/mol. The average Bonchev–Trinajstić information content (AvgIpc) is 3.22. The number of hydrogen-bond donors (Lipinski definition) is 0. The molecular formula is C33H31F3N4O3. The van der Waals surface area contributed by atoms with Crippen LogP contribution in [0.5, 0.6) is 0 Å². The van der Waals surface area contributed by atoms with Gasteiger partial charge in [0.2, 0.25) is 0 Å². The van der Waals surface area contributed by atoms with Crippen LogP contribution in [0.25, 0.3) is 10.8 Å². The zero-order chi connectivity index (χ0) is 30.7. The normalized spacial score (nSPS) is 16.3. The number of amides is 3. The maximum Gasteiger partial charge on any atom is 0.417 e. The van der Waals surface area contributed by atoms with Crippen LogP contribution in [0.1, 0.15) is 54.1 Å². The Kier molecular flexibility index (Phi) is 8.64. The van der Waals surface area contributed by atoms with E-state index in [1.807, 2.05) is 47.4 Å². The number of carbonyl (C=O) groups is 3. The molecule has 0 unspecified atom stereocenters. The van der Waals surface area contributed by atoms with Crippen LogP contribution in [-0.4, -0.2) is 60.2 Å². The van der Waals surface area contributed by atoms with Gasteiger partial charge in [0, 0.05) is 42.9 Å². The average molecular weight is 589 g/mol. The first-order chi connectivity index (χ1) is 20.6. The van der Waals surface area contributed by atoms with Crippen molar-refractivity contribution in [1.29, 1.82) is 5.26 Å². The van der Waals surface area contributed by atoms with E-state index in [-0.39, 0.29) is 17.2 Å². The van der Waals surface area contributed by atoms with Crippen LogP contribution < -0.4 is 4.90 Å². The number of benzene rings is 3. The van der Waals surface area contributed by atoms with Gasteiger partial charge in [-0.3, -0.25) is 19.3 Å². The number of hydrogen-bond acceptors (Lipinski definition) is 5. The molecule has 7 nitrogen and oxygen atoms in total.